The first-order valence-electron chi connectivity index (χ1n) is 5.36. The number of imidazole rings is 1. The first-order chi connectivity index (χ1) is 8.58. The van der Waals surface area contributed by atoms with Crippen LogP contribution < -0.4 is 0 Å². The van der Waals surface area contributed by atoms with E-state index >= 15 is 0 Å². The number of aromatic nitrogens is 2. The highest BCUT2D eigenvalue weighted by molar-refractivity contribution is 6.29. The molecular formula is C13H12ClFN2O. The molecule has 1 aromatic carbocycles. The normalized spacial score (nSPS) is 12.4. The molecule has 0 radical (unpaired) electrons. The summed E-state index contributed by atoms with van der Waals surface area (Å²) in [5.41, 5.74) is 0.573. The second-order valence-corrected chi connectivity index (χ2v) is 4.42. The van der Waals surface area contributed by atoms with Gasteiger partial charge in [-0.15, -0.1) is 0 Å². The van der Waals surface area contributed by atoms with E-state index in [2.05, 4.69) is 11.6 Å². The number of halogens is 2. The Kier molecular flexibility index (Phi) is 3.79. The van der Waals surface area contributed by atoms with Crippen LogP contribution in [-0.2, 0) is 6.54 Å². The third kappa shape index (κ3) is 2.78. The lowest BCUT2D eigenvalue weighted by Crippen LogP contribution is -2.10. The van der Waals surface area contributed by atoms with Gasteiger partial charge in [0, 0.05) is 17.4 Å². The highest BCUT2D eigenvalue weighted by atomic mass is 35.5. The van der Waals surface area contributed by atoms with Crippen molar-refractivity contribution < 1.29 is 9.50 Å². The Morgan fingerprint density at radius 3 is 2.72 bits per heavy atom. The number of rotatable bonds is 4. The quantitative estimate of drug-likeness (QED) is 0.924. The predicted octanol–water partition coefficient (Wildman–Crippen LogP) is 2.86. The number of nitrogens with zero attached hydrogens (tertiary/aromatic N) is 2. The van der Waals surface area contributed by atoms with Crippen LogP contribution in [0.4, 0.5) is 4.39 Å². The van der Waals surface area contributed by atoms with Crippen molar-refractivity contribution in [1.82, 2.24) is 9.55 Å². The second-order valence-electron chi connectivity index (χ2n) is 3.88. The highest BCUT2D eigenvalue weighted by Crippen LogP contribution is 2.21. The zero-order valence-corrected chi connectivity index (χ0v) is 10.3. The molecule has 5 heteroatoms. The zero-order valence-electron chi connectivity index (χ0n) is 9.55. The molecule has 1 heterocycles. The predicted molar refractivity (Wildman–Crippen MR) is 67.7 cm³/mol. The molecule has 0 saturated carbocycles. The maximum atomic E-state index is 12.8. The van der Waals surface area contributed by atoms with Crippen LogP contribution in [0.2, 0.25) is 0 Å². The number of aliphatic hydroxyl groups is 1. The monoisotopic (exact) mass is 266 g/mol. The summed E-state index contributed by atoms with van der Waals surface area (Å²) < 4.78 is 14.5. The van der Waals surface area contributed by atoms with Crippen molar-refractivity contribution in [2.24, 2.45) is 0 Å². The molecular weight excluding hydrogens is 255 g/mol. The topological polar surface area (TPSA) is 38.0 Å². The first-order valence-corrected chi connectivity index (χ1v) is 5.73. The molecule has 0 unspecified atom stereocenters. The molecule has 0 aliphatic heterocycles. The molecule has 0 amide bonds. The average Bonchev–Trinajstić information content (AvgIpc) is 2.76. The van der Waals surface area contributed by atoms with Crippen LogP contribution in [0.3, 0.4) is 0 Å². The number of aliphatic hydroxyl groups excluding tert-OH is 1. The molecule has 0 aliphatic rings. The molecule has 18 heavy (non-hydrogen) atoms. The average molecular weight is 267 g/mol. The summed E-state index contributed by atoms with van der Waals surface area (Å²) >= 11 is 5.74. The third-order valence-electron chi connectivity index (χ3n) is 2.52. The Morgan fingerprint density at radius 2 is 2.11 bits per heavy atom. The van der Waals surface area contributed by atoms with Gasteiger partial charge in [0.25, 0.3) is 0 Å². The van der Waals surface area contributed by atoms with Crippen molar-refractivity contribution in [3.63, 3.8) is 0 Å². The Balaban J connectivity index is 2.28. The van der Waals surface area contributed by atoms with Crippen molar-refractivity contribution in [3.8, 4) is 0 Å². The van der Waals surface area contributed by atoms with Gasteiger partial charge in [-0.05, 0) is 17.7 Å². The molecule has 1 atom stereocenters. The third-order valence-corrected chi connectivity index (χ3v) is 2.64. The lowest BCUT2D eigenvalue weighted by Gasteiger charge is -2.13. The van der Waals surface area contributed by atoms with E-state index in [0.717, 1.165) is 0 Å². The molecule has 2 rings (SSSR count). The van der Waals surface area contributed by atoms with Gasteiger partial charge >= 0.3 is 0 Å². The fourth-order valence-corrected chi connectivity index (χ4v) is 1.81. The summed E-state index contributed by atoms with van der Waals surface area (Å²) in [5.74, 6) is 0.104. The van der Waals surface area contributed by atoms with Crippen molar-refractivity contribution in [3.05, 3.63) is 65.5 Å². The molecule has 3 nitrogen and oxygen atoms in total. The van der Waals surface area contributed by atoms with Crippen molar-refractivity contribution in [2.45, 2.75) is 12.6 Å². The van der Waals surface area contributed by atoms with Gasteiger partial charge in [-0.2, -0.15) is 0 Å². The van der Waals surface area contributed by atoms with Gasteiger partial charge in [-0.25, -0.2) is 9.37 Å². The standard InChI is InChI=1S/C13H12ClFN2O/c1-9(14)8-17-7-6-16-13(17)12(18)10-2-4-11(15)5-3-10/h2-7,12,18H,1,8H2/t12-/m1/s1. The largest absolute Gasteiger partial charge is 0.380 e. The molecule has 0 spiro atoms. The summed E-state index contributed by atoms with van der Waals surface area (Å²) in [5, 5.41) is 10.6. The summed E-state index contributed by atoms with van der Waals surface area (Å²) in [6, 6.07) is 5.64. The number of hydrogen-bond donors (Lipinski definition) is 1. The Morgan fingerprint density at radius 1 is 1.44 bits per heavy atom. The number of benzene rings is 1. The first kappa shape index (κ1) is 12.8. The Hall–Kier alpha value is -1.65. The lowest BCUT2D eigenvalue weighted by molar-refractivity contribution is 0.205. The molecule has 94 valence electrons. The fraction of sp³-hybridized carbons (Fsp3) is 0.154. The SMILES string of the molecule is C=C(Cl)Cn1ccnc1[C@H](O)c1ccc(F)cc1. The van der Waals surface area contributed by atoms with Gasteiger partial charge in [0.15, 0.2) is 0 Å². The van der Waals surface area contributed by atoms with E-state index < -0.39 is 6.10 Å². The zero-order chi connectivity index (χ0) is 13.1. The van der Waals surface area contributed by atoms with E-state index in [1.807, 2.05) is 0 Å². The van der Waals surface area contributed by atoms with Crippen molar-refractivity contribution in [1.29, 1.82) is 0 Å². The van der Waals surface area contributed by atoms with Gasteiger partial charge in [0.1, 0.15) is 17.7 Å². The van der Waals surface area contributed by atoms with E-state index in [0.29, 0.717) is 23.0 Å². The molecule has 0 saturated heterocycles. The van der Waals surface area contributed by atoms with Gasteiger partial charge in [0.05, 0.1) is 6.54 Å². The molecule has 2 aromatic rings. The molecule has 1 aromatic heterocycles. The maximum absolute atomic E-state index is 12.8. The van der Waals surface area contributed by atoms with Crippen LogP contribution in [0.25, 0.3) is 0 Å². The lowest BCUT2D eigenvalue weighted by atomic mass is 10.1. The molecule has 0 aliphatic carbocycles. The van der Waals surface area contributed by atoms with E-state index in [9.17, 15) is 9.50 Å². The Labute approximate surface area is 109 Å². The second kappa shape index (κ2) is 5.33. The van der Waals surface area contributed by atoms with Crippen molar-refractivity contribution in [2.75, 3.05) is 0 Å². The van der Waals surface area contributed by atoms with Gasteiger partial charge in [-0.3, -0.25) is 0 Å². The van der Waals surface area contributed by atoms with E-state index in [4.69, 9.17) is 11.6 Å². The maximum Gasteiger partial charge on any atom is 0.142 e. The minimum absolute atomic E-state index is 0.344. The van der Waals surface area contributed by atoms with E-state index in [-0.39, 0.29) is 5.82 Å². The van der Waals surface area contributed by atoms with Gasteiger partial charge < -0.3 is 9.67 Å². The fourth-order valence-electron chi connectivity index (χ4n) is 1.68. The molecule has 0 bridgehead atoms. The summed E-state index contributed by atoms with van der Waals surface area (Å²) in [4.78, 5) is 4.09. The Bertz CT molecular complexity index is 550. The molecule has 0 fully saturated rings. The summed E-state index contributed by atoms with van der Waals surface area (Å²) in [6.07, 6.45) is 2.36. The minimum atomic E-state index is -0.920. The van der Waals surface area contributed by atoms with Gasteiger partial charge in [-0.1, -0.05) is 30.3 Å². The van der Waals surface area contributed by atoms with E-state index in [1.165, 1.54) is 24.3 Å². The van der Waals surface area contributed by atoms with Crippen LogP contribution in [-0.4, -0.2) is 14.7 Å². The van der Waals surface area contributed by atoms with Crippen LogP contribution >= 0.6 is 11.6 Å². The van der Waals surface area contributed by atoms with Crippen LogP contribution in [0.5, 0.6) is 0 Å². The number of allylic oxidation sites excluding steroid dienone is 1. The number of hydrogen-bond acceptors (Lipinski definition) is 2. The highest BCUT2D eigenvalue weighted by Gasteiger charge is 2.16. The summed E-state index contributed by atoms with van der Waals surface area (Å²) in [6.45, 7) is 3.97. The van der Waals surface area contributed by atoms with Gasteiger partial charge in [0.2, 0.25) is 0 Å². The van der Waals surface area contributed by atoms with Crippen molar-refractivity contribution >= 4 is 11.6 Å². The van der Waals surface area contributed by atoms with Crippen LogP contribution in [0.1, 0.15) is 17.5 Å². The molecule has 1 N–H and O–H groups in total. The summed E-state index contributed by atoms with van der Waals surface area (Å²) in [7, 11) is 0. The minimum Gasteiger partial charge on any atom is -0.380 e. The van der Waals surface area contributed by atoms with E-state index in [1.54, 1.807) is 17.0 Å². The van der Waals surface area contributed by atoms with Crippen LogP contribution in [0.15, 0.2) is 48.3 Å². The van der Waals surface area contributed by atoms with Crippen LogP contribution in [0, 0.1) is 5.82 Å². The smallest absolute Gasteiger partial charge is 0.142 e.